The molecule has 2 atom stereocenters. The normalized spacial score (nSPS) is 23.6. The first kappa shape index (κ1) is 15.6. The fourth-order valence-electron chi connectivity index (χ4n) is 3.22. The van der Waals surface area contributed by atoms with Crippen LogP contribution in [-0.4, -0.2) is 48.7 Å². The topological polar surface area (TPSA) is 76.1 Å². The first-order chi connectivity index (χ1) is 11.1. The Hall–Kier alpha value is -2.24. The van der Waals surface area contributed by atoms with Crippen molar-refractivity contribution in [3.05, 3.63) is 24.3 Å². The number of amides is 1. The summed E-state index contributed by atoms with van der Waals surface area (Å²) in [5.74, 6) is 0.374. The molecule has 0 unspecified atom stereocenters. The van der Waals surface area contributed by atoms with Crippen molar-refractivity contribution in [1.82, 2.24) is 4.90 Å². The zero-order valence-corrected chi connectivity index (χ0v) is 13.1. The molecule has 1 aromatic carbocycles. The molecular weight excluding hydrogens is 298 g/mol. The van der Waals surface area contributed by atoms with Crippen molar-refractivity contribution >= 4 is 11.9 Å². The Kier molecular flexibility index (Phi) is 4.41. The molecule has 1 N–H and O–H groups in total. The minimum absolute atomic E-state index is 0.0864. The van der Waals surface area contributed by atoms with Crippen molar-refractivity contribution in [3.63, 3.8) is 0 Å². The predicted octanol–water partition coefficient (Wildman–Crippen LogP) is 1.64. The van der Waals surface area contributed by atoms with E-state index >= 15 is 0 Å². The molecule has 1 aliphatic heterocycles. The van der Waals surface area contributed by atoms with E-state index in [0.717, 1.165) is 12.8 Å². The smallest absolute Gasteiger partial charge is 0.308 e. The number of carboxylic acids is 1. The maximum atomic E-state index is 12.3. The van der Waals surface area contributed by atoms with Gasteiger partial charge in [-0.2, -0.15) is 0 Å². The Labute approximate surface area is 135 Å². The number of carbonyl (C=O) groups is 2. The number of hydrogen-bond donors (Lipinski definition) is 1. The number of rotatable bonds is 6. The lowest BCUT2D eigenvalue weighted by atomic mass is 9.92. The van der Waals surface area contributed by atoms with Gasteiger partial charge in [0.05, 0.1) is 13.0 Å². The Bertz CT molecular complexity index is 598. The molecule has 1 saturated heterocycles. The molecule has 1 heterocycles. The van der Waals surface area contributed by atoms with Gasteiger partial charge in [0, 0.05) is 19.2 Å². The second kappa shape index (κ2) is 6.48. The molecule has 1 aliphatic carbocycles. The van der Waals surface area contributed by atoms with Gasteiger partial charge in [0.25, 0.3) is 5.91 Å². The molecule has 6 nitrogen and oxygen atoms in total. The van der Waals surface area contributed by atoms with Crippen LogP contribution in [0.15, 0.2) is 24.3 Å². The third-order valence-corrected chi connectivity index (χ3v) is 4.67. The van der Waals surface area contributed by atoms with Crippen molar-refractivity contribution in [2.75, 3.05) is 26.8 Å². The van der Waals surface area contributed by atoms with E-state index in [0.29, 0.717) is 24.0 Å². The number of ether oxygens (including phenoxy) is 2. The van der Waals surface area contributed by atoms with Gasteiger partial charge in [-0.1, -0.05) is 6.07 Å². The quantitative estimate of drug-likeness (QED) is 0.863. The van der Waals surface area contributed by atoms with E-state index in [1.165, 1.54) is 0 Å². The van der Waals surface area contributed by atoms with Crippen LogP contribution in [0.25, 0.3) is 0 Å². The van der Waals surface area contributed by atoms with Crippen LogP contribution in [0.3, 0.4) is 0 Å². The highest BCUT2D eigenvalue weighted by molar-refractivity contribution is 5.80. The number of hydrogen-bond acceptors (Lipinski definition) is 4. The molecular formula is C17H21NO5. The van der Waals surface area contributed by atoms with Gasteiger partial charge in [-0.05, 0) is 36.8 Å². The van der Waals surface area contributed by atoms with Crippen molar-refractivity contribution in [3.8, 4) is 11.5 Å². The highest BCUT2D eigenvalue weighted by Gasteiger charge is 2.46. The zero-order chi connectivity index (χ0) is 16.4. The van der Waals surface area contributed by atoms with Gasteiger partial charge in [-0.15, -0.1) is 0 Å². The standard InChI is InChI=1S/C17H21NO5/c1-22-12-3-2-4-13(7-12)23-10-16(19)18-8-14(11-5-6-11)15(9-18)17(20)21/h2-4,7,11,14-15H,5-6,8-10H2,1H3,(H,20,21)/t14-,15+/m1/s1. The fourth-order valence-corrected chi connectivity index (χ4v) is 3.22. The number of likely N-dealkylation sites (tertiary alicyclic amines) is 1. The average molecular weight is 319 g/mol. The summed E-state index contributed by atoms with van der Waals surface area (Å²) in [6, 6.07) is 7.06. The number of carboxylic acid groups (broad SMARTS) is 1. The molecule has 2 aliphatic rings. The molecule has 0 aromatic heterocycles. The predicted molar refractivity (Wildman–Crippen MR) is 82.4 cm³/mol. The lowest BCUT2D eigenvalue weighted by molar-refractivity contribution is -0.142. The summed E-state index contributed by atoms with van der Waals surface area (Å²) in [5, 5.41) is 9.34. The van der Waals surface area contributed by atoms with Gasteiger partial charge in [-0.3, -0.25) is 9.59 Å². The highest BCUT2D eigenvalue weighted by Crippen LogP contribution is 2.44. The van der Waals surface area contributed by atoms with Crippen LogP contribution < -0.4 is 9.47 Å². The van der Waals surface area contributed by atoms with Crippen molar-refractivity contribution in [2.24, 2.45) is 17.8 Å². The Morgan fingerprint density at radius 1 is 1.26 bits per heavy atom. The summed E-state index contributed by atoms with van der Waals surface area (Å²) in [4.78, 5) is 25.3. The number of benzene rings is 1. The molecule has 1 amide bonds. The minimum Gasteiger partial charge on any atom is -0.497 e. The summed E-state index contributed by atoms with van der Waals surface area (Å²) in [7, 11) is 1.57. The summed E-state index contributed by atoms with van der Waals surface area (Å²) in [6.07, 6.45) is 2.16. The van der Waals surface area contributed by atoms with Gasteiger partial charge in [0.15, 0.2) is 6.61 Å². The van der Waals surface area contributed by atoms with Crippen molar-refractivity contribution < 1.29 is 24.2 Å². The average Bonchev–Trinajstić information content (AvgIpc) is 3.30. The molecule has 124 valence electrons. The lowest BCUT2D eigenvalue weighted by Gasteiger charge is -2.16. The van der Waals surface area contributed by atoms with Crippen LogP contribution >= 0.6 is 0 Å². The van der Waals surface area contributed by atoms with E-state index in [1.807, 2.05) is 0 Å². The molecule has 3 rings (SSSR count). The van der Waals surface area contributed by atoms with E-state index in [2.05, 4.69) is 0 Å². The lowest BCUT2D eigenvalue weighted by Crippen LogP contribution is -2.33. The minimum atomic E-state index is -0.800. The van der Waals surface area contributed by atoms with E-state index in [-0.39, 0.29) is 25.0 Å². The maximum absolute atomic E-state index is 12.3. The summed E-state index contributed by atoms with van der Waals surface area (Å²) in [5.41, 5.74) is 0. The maximum Gasteiger partial charge on any atom is 0.308 e. The molecule has 1 aromatic rings. The van der Waals surface area contributed by atoms with Crippen molar-refractivity contribution in [1.29, 1.82) is 0 Å². The Morgan fingerprint density at radius 2 is 2.00 bits per heavy atom. The summed E-state index contributed by atoms with van der Waals surface area (Å²) >= 11 is 0. The zero-order valence-electron chi connectivity index (χ0n) is 13.1. The summed E-state index contributed by atoms with van der Waals surface area (Å²) < 4.78 is 10.6. The van der Waals surface area contributed by atoms with Crippen molar-refractivity contribution in [2.45, 2.75) is 12.8 Å². The van der Waals surface area contributed by atoms with Crippen LogP contribution in [0.1, 0.15) is 12.8 Å². The molecule has 23 heavy (non-hydrogen) atoms. The van der Waals surface area contributed by atoms with Gasteiger partial charge >= 0.3 is 5.97 Å². The first-order valence-electron chi connectivity index (χ1n) is 7.86. The molecule has 0 radical (unpaired) electrons. The van der Waals surface area contributed by atoms with Gasteiger partial charge in [-0.25, -0.2) is 0 Å². The van der Waals surface area contributed by atoms with Crippen LogP contribution in [0, 0.1) is 17.8 Å². The fraction of sp³-hybridized carbons (Fsp3) is 0.529. The Balaban J connectivity index is 1.57. The summed E-state index contributed by atoms with van der Waals surface area (Å²) in [6.45, 7) is 0.732. The monoisotopic (exact) mass is 319 g/mol. The third kappa shape index (κ3) is 3.57. The number of methoxy groups -OCH3 is 1. The van der Waals surface area contributed by atoms with E-state index in [9.17, 15) is 14.7 Å². The number of carbonyl (C=O) groups excluding carboxylic acids is 1. The van der Waals surface area contributed by atoms with Gasteiger partial charge < -0.3 is 19.5 Å². The number of nitrogens with zero attached hydrogens (tertiary/aromatic N) is 1. The third-order valence-electron chi connectivity index (χ3n) is 4.67. The van der Waals surface area contributed by atoms with Gasteiger partial charge in [0.2, 0.25) is 0 Å². The Morgan fingerprint density at radius 3 is 2.65 bits per heavy atom. The highest BCUT2D eigenvalue weighted by atomic mass is 16.5. The largest absolute Gasteiger partial charge is 0.497 e. The molecule has 2 fully saturated rings. The van der Waals surface area contributed by atoms with E-state index in [4.69, 9.17) is 9.47 Å². The van der Waals surface area contributed by atoms with Crippen LogP contribution in [0.5, 0.6) is 11.5 Å². The molecule has 0 bridgehead atoms. The first-order valence-corrected chi connectivity index (χ1v) is 7.86. The van der Waals surface area contributed by atoms with E-state index in [1.54, 1.807) is 36.3 Å². The molecule has 1 saturated carbocycles. The van der Waals surface area contributed by atoms with Crippen LogP contribution in [0.2, 0.25) is 0 Å². The molecule has 0 spiro atoms. The molecule has 6 heteroatoms. The SMILES string of the molecule is COc1cccc(OCC(=O)N2C[C@H](C(=O)O)[C@@H](C3CC3)C2)c1. The van der Waals surface area contributed by atoms with E-state index < -0.39 is 11.9 Å². The van der Waals surface area contributed by atoms with Crippen LogP contribution in [0.4, 0.5) is 0 Å². The number of aliphatic carboxylic acids is 1. The second-order valence-corrected chi connectivity index (χ2v) is 6.21. The van der Waals surface area contributed by atoms with Crippen LogP contribution in [-0.2, 0) is 9.59 Å². The second-order valence-electron chi connectivity index (χ2n) is 6.21. The van der Waals surface area contributed by atoms with Gasteiger partial charge in [0.1, 0.15) is 11.5 Å².